The summed E-state index contributed by atoms with van der Waals surface area (Å²) in [6.45, 7) is -0.326. The number of hydrogen-bond donors (Lipinski definition) is 4. The maximum absolute atomic E-state index is 12.3. The lowest BCUT2D eigenvalue weighted by atomic mass is 10.1. The van der Waals surface area contributed by atoms with Gasteiger partial charge in [0.25, 0.3) is 0 Å². The molecule has 1 aromatic heterocycles. The summed E-state index contributed by atoms with van der Waals surface area (Å²) in [4.78, 5) is 4.94. The van der Waals surface area contributed by atoms with Crippen molar-refractivity contribution in [3.63, 3.8) is 0 Å². The molecule has 0 radical (unpaired) electrons. The van der Waals surface area contributed by atoms with Crippen LogP contribution in [0.4, 0.5) is 10.8 Å². The first-order valence-electron chi connectivity index (χ1n) is 8.19. The van der Waals surface area contributed by atoms with Crippen molar-refractivity contribution in [1.29, 1.82) is 0 Å². The van der Waals surface area contributed by atoms with Crippen LogP contribution in [0.1, 0.15) is 4.88 Å². The second-order valence-electron chi connectivity index (χ2n) is 5.85. The van der Waals surface area contributed by atoms with E-state index in [4.69, 9.17) is 5.14 Å². The van der Waals surface area contributed by atoms with Gasteiger partial charge < -0.3 is 10.4 Å². The van der Waals surface area contributed by atoms with Gasteiger partial charge in [0.05, 0.1) is 27.0 Å². The highest BCUT2D eigenvalue weighted by Gasteiger charge is 2.22. The average Bonchev–Trinajstić information content (AvgIpc) is 3.10. The van der Waals surface area contributed by atoms with Crippen molar-refractivity contribution in [1.82, 2.24) is 9.71 Å². The maximum Gasteiger partial charge on any atom is 0.240 e. The van der Waals surface area contributed by atoms with Crippen LogP contribution in [0.25, 0.3) is 11.3 Å². The topological polar surface area (TPSA) is 151 Å². The predicted octanol–water partition coefficient (Wildman–Crippen LogP) is 1.60. The Morgan fingerprint density at radius 1 is 1.07 bits per heavy atom. The number of aliphatic hydroxyl groups excluding tert-OH is 1. The molecule has 2 aromatic carbocycles. The average molecular weight is 455 g/mol. The Kier molecular flexibility index (Phi) is 6.03. The van der Waals surface area contributed by atoms with Crippen LogP contribution in [0.3, 0.4) is 0 Å². The second kappa shape index (κ2) is 8.18. The van der Waals surface area contributed by atoms with Crippen molar-refractivity contribution in [3.05, 3.63) is 53.4 Å². The smallest absolute Gasteiger partial charge is 0.240 e. The Labute approximate surface area is 172 Å². The number of nitrogens with two attached hydrogens (primary N) is 1. The molecule has 3 rings (SSSR count). The maximum atomic E-state index is 12.3. The monoisotopic (exact) mass is 454 g/mol. The van der Waals surface area contributed by atoms with Gasteiger partial charge in [-0.05, 0) is 37.4 Å². The number of aliphatic hydroxyl groups is 1. The summed E-state index contributed by atoms with van der Waals surface area (Å²) in [7, 11) is -6.20. The lowest BCUT2D eigenvalue weighted by Gasteiger charge is -2.08. The van der Waals surface area contributed by atoms with Crippen molar-refractivity contribution in [2.24, 2.45) is 5.14 Å². The van der Waals surface area contributed by atoms with E-state index < -0.39 is 20.0 Å². The van der Waals surface area contributed by atoms with Crippen LogP contribution < -0.4 is 15.2 Å². The normalized spacial score (nSPS) is 12.1. The number of anilines is 2. The van der Waals surface area contributed by atoms with Crippen LogP contribution in [0.15, 0.2) is 58.3 Å². The minimum Gasteiger partial charge on any atom is -0.391 e. The molecule has 0 unspecified atom stereocenters. The Balaban J connectivity index is 1.99. The zero-order valence-electron chi connectivity index (χ0n) is 15.2. The highest BCUT2D eigenvalue weighted by atomic mass is 32.2. The third-order valence-corrected chi connectivity index (χ3v) is 7.33. The lowest BCUT2D eigenvalue weighted by molar-refractivity contribution is 0.286. The molecule has 0 atom stereocenters. The van der Waals surface area contributed by atoms with E-state index in [-0.39, 0.29) is 16.4 Å². The van der Waals surface area contributed by atoms with Crippen LogP contribution >= 0.6 is 11.3 Å². The number of hydrogen-bond acceptors (Lipinski definition) is 8. The number of primary sulfonamides is 1. The molecule has 0 aliphatic rings. The van der Waals surface area contributed by atoms with Crippen LogP contribution in [0.5, 0.6) is 0 Å². The van der Waals surface area contributed by atoms with Crippen molar-refractivity contribution >= 4 is 42.2 Å². The molecular formula is C17H18N4O5S3. The number of aromatic nitrogens is 1. The first kappa shape index (κ1) is 21.4. The minimum absolute atomic E-state index is 0.0230. The molecule has 1 heterocycles. The minimum atomic E-state index is -3.79. The van der Waals surface area contributed by atoms with Crippen LogP contribution in [0.2, 0.25) is 0 Å². The molecule has 29 heavy (non-hydrogen) atoms. The van der Waals surface area contributed by atoms with Crippen molar-refractivity contribution in [2.45, 2.75) is 16.4 Å². The fraction of sp³-hybridized carbons (Fsp3) is 0.118. The molecule has 0 fully saturated rings. The molecule has 0 amide bonds. The Bertz CT molecular complexity index is 1240. The van der Waals surface area contributed by atoms with E-state index in [1.54, 1.807) is 18.2 Å². The van der Waals surface area contributed by atoms with Gasteiger partial charge in [0.1, 0.15) is 0 Å². The third kappa shape index (κ3) is 4.63. The molecule has 0 aliphatic carbocycles. The predicted molar refractivity (Wildman–Crippen MR) is 111 cm³/mol. The Hall–Kier alpha value is -2.35. The zero-order chi connectivity index (χ0) is 21.2. The summed E-state index contributed by atoms with van der Waals surface area (Å²) >= 11 is 1.16. The summed E-state index contributed by atoms with van der Waals surface area (Å²) in [5.74, 6) is 0. The molecule has 0 saturated carbocycles. The van der Waals surface area contributed by atoms with E-state index in [0.717, 1.165) is 11.3 Å². The summed E-state index contributed by atoms with van der Waals surface area (Å²) in [5, 5.41) is 18.2. The van der Waals surface area contributed by atoms with E-state index in [9.17, 15) is 21.9 Å². The summed E-state index contributed by atoms with van der Waals surface area (Å²) in [6.07, 6.45) is 0. The third-order valence-electron chi connectivity index (χ3n) is 3.98. The fourth-order valence-electron chi connectivity index (χ4n) is 2.58. The molecule has 0 saturated heterocycles. The van der Waals surface area contributed by atoms with Gasteiger partial charge in [-0.1, -0.05) is 29.5 Å². The second-order valence-corrected chi connectivity index (χ2v) is 10.3. The number of rotatable bonds is 7. The van der Waals surface area contributed by atoms with E-state index in [1.165, 1.54) is 37.4 Å². The van der Waals surface area contributed by atoms with E-state index in [0.29, 0.717) is 27.0 Å². The lowest BCUT2D eigenvalue weighted by Crippen LogP contribution is -2.19. The molecule has 5 N–H and O–H groups in total. The standard InChI is InChI=1S/C17H18N4O5S3/c1-19-29(25,26)15-5-3-2-4-13(15)16-14(10-22)27-17(21-16)20-11-6-8-12(9-7-11)28(18,23)24/h2-9,19,22H,10H2,1H3,(H,20,21)(H2,18,23,24). The van der Waals surface area contributed by atoms with Crippen LogP contribution in [-0.4, -0.2) is 34.0 Å². The summed E-state index contributed by atoms with van der Waals surface area (Å²) in [6, 6.07) is 12.1. The largest absolute Gasteiger partial charge is 0.391 e. The highest BCUT2D eigenvalue weighted by molar-refractivity contribution is 7.89. The molecule has 9 nitrogen and oxygen atoms in total. The van der Waals surface area contributed by atoms with Crippen molar-refractivity contribution in [3.8, 4) is 11.3 Å². The Morgan fingerprint density at radius 2 is 1.72 bits per heavy atom. The molecule has 12 heteroatoms. The van der Waals surface area contributed by atoms with Gasteiger partial charge >= 0.3 is 0 Å². The summed E-state index contributed by atoms with van der Waals surface area (Å²) in [5.41, 5.74) is 1.26. The molecule has 3 aromatic rings. The van der Waals surface area contributed by atoms with Gasteiger partial charge in [-0.3, -0.25) is 0 Å². The number of sulfonamides is 2. The van der Waals surface area contributed by atoms with E-state index >= 15 is 0 Å². The van der Waals surface area contributed by atoms with Gasteiger partial charge in [-0.15, -0.1) is 0 Å². The van der Waals surface area contributed by atoms with Gasteiger partial charge in [0.15, 0.2) is 5.13 Å². The number of thiazole rings is 1. The number of benzene rings is 2. The van der Waals surface area contributed by atoms with Crippen LogP contribution in [-0.2, 0) is 26.7 Å². The number of nitrogens with one attached hydrogen (secondary N) is 2. The van der Waals surface area contributed by atoms with Crippen LogP contribution in [0, 0.1) is 0 Å². The Morgan fingerprint density at radius 3 is 2.31 bits per heavy atom. The summed E-state index contributed by atoms with van der Waals surface area (Å²) < 4.78 is 49.6. The van der Waals surface area contributed by atoms with Gasteiger partial charge in [-0.2, -0.15) is 0 Å². The zero-order valence-corrected chi connectivity index (χ0v) is 17.6. The SMILES string of the molecule is CNS(=O)(=O)c1ccccc1-c1nc(Nc2ccc(S(N)(=O)=O)cc2)sc1CO. The van der Waals surface area contributed by atoms with Crippen molar-refractivity contribution in [2.75, 3.05) is 12.4 Å². The van der Waals surface area contributed by atoms with Gasteiger partial charge in [0, 0.05) is 11.3 Å². The van der Waals surface area contributed by atoms with Gasteiger partial charge in [0.2, 0.25) is 20.0 Å². The quantitative estimate of drug-likeness (QED) is 0.423. The first-order valence-corrected chi connectivity index (χ1v) is 12.0. The van der Waals surface area contributed by atoms with Gasteiger partial charge in [-0.25, -0.2) is 31.7 Å². The van der Waals surface area contributed by atoms with E-state index in [1.807, 2.05) is 0 Å². The highest BCUT2D eigenvalue weighted by Crippen LogP contribution is 2.35. The molecule has 0 bridgehead atoms. The van der Waals surface area contributed by atoms with Crippen molar-refractivity contribution < 1.29 is 21.9 Å². The molecular weight excluding hydrogens is 436 g/mol. The first-order chi connectivity index (χ1) is 13.7. The molecule has 0 spiro atoms. The number of nitrogens with zero attached hydrogens (tertiary/aromatic N) is 1. The molecule has 0 aliphatic heterocycles. The fourth-order valence-corrected chi connectivity index (χ4v) is 4.88. The molecule has 154 valence electrons. The van der Waals surface area contributed by atoms with E-state index in [2.05, 4.69) is 15.0 Å².